The lowest BCUT2D eigenvalue weighted by Gasteiger charge is -2.09. The summed E-state index contributed by atoms with van der Waals surface area (Å²) in [6.07, 6.45) is 0.0859. The maximum absolute atomic E-state index is 12.5. The summed E-state index contributed by atoms with van der Waals surface area (Å²) in [7, 11) is 4.84. The number of benzene rings is 2. The molecule has 8 nitrogen and oxygen atoms in total. The predicted molar refractivity (Wildman–Crippen MR) is 114 cm³/mol. The normalized spacial score (nSPS) is 10.5. The van der Waals surface area contributed by atoms with Gasteiger partial charge in [0.05, 0.1) is 26.4 Å². The first kappa shape index (κ1) is 21.4. The molecule has 0 radical (unpaired) electrons. The van der Waals surface area contributed by atoms with Crippen molar-refractivity contribution >= 4 is 29.1 Å². The fourth-order valence-corrected chi connectivity index (χ4v) is 3.54. The number of nitrogens with zero attached hydrogens (tertiary/aromatic N) is 3. The van der Waals surface area contributed by atoms with Crippen molar-refractivity contribution in [3.63, 3.8) is 0 Å². The SMILES string of the molecule is COc1ccc(C(=O)CSc2nnc(CC(=O)Nc3ccccc3)n2C)cc1OC. The van der Waals surface area contributed by atoms with Crippen molar-refractivity contribution in [2.75, 3.05) is 25.3 Å². The number of ether oxygens (including phenoxy) is 2. The Labute approximate surface area is 178 Å². The Kier molecular flexibility index (Phi) is 7.08. The number of Topliss-reactive ketones (excluding diaryl/α,β-unsaturated/α-hetero) is 1. The van der Waals surface area contributed by atoms with Crippen molar-refractivity contribution in [1.82, 2.24) is 14.8 Å². The molecule has 1 N–H and O–H groups in total. The van der Waals surface area contributed by atoms with E-state index in [0.717, 1.165) is 5.69 Å². The van der Waals surface area contributed by atoms with Gasteiger partial charge in [-0.25, -0.2) is 0 Å². The summed E-state index contributed by atoms with van der Waals surface area (Å²) in [5.41, 5.74) is 1.24. The Hall–Kier alpha value is -3.33. The van der Waals surface area contributed by atoms with Gasteiger partial charge in [0, 0.05) is 18.3 Å². The average Bonchev–Trinajstić information content (AvgIpc) is 3.11. The van der Waals surface area contributed by atoms with E-state index in [1.165, 1.54) is 18.9 Å². The second kappa shape index (κ2) is 9.93. The van der Waals surface area contributed by atoms with Crippen LogP contribution in [-0.2, 0) is 18.3 Å². The van der Waals surface area contributed by atoms with Crippen LogP contribution in [0.25, 0.3) is 0 Å². The Morgan fingerprint density at radius 1 is 1.03 bits per heavy atom. The van der Waals surface area contributed by atoms with Crippen LogP contribution in [0.2, 0.25) is 0 Å². The lowest BCUT2D eigenvalue weighted by molar-refractivity contribution is -0.115. The van der Waals surface area contributed by atoms with Crippen molar-refractivity contribution in [3.8, 4) is 11.5 Å². The van der Waals surface area contributed by atoms with Crippen molar-refractivity contribution in [1.29, 1.82) is 0 Å². The fraction of sp³-hybridized carbons (Fsp3) is 0.238. The van der Waals surface area contributed by atoms with Crippen LogP contribution in [0.15, 0.2) is 53.7 Å². The Balaban J connectivity index is 1.59. The first-order chi connectivity index (χ1) is 14.5. The smallest absolute Gasteiger partial charge is 0.232 e. The number of hydrogen-bond acceptors (Lipinski definition) is 7. The van der Waals surface area contributed by atoms with Crippen LogP contribution in [0.1, 0.15) is 16.2 Å². The molecule has 0 aliphatic carbocycles. The van der Waals surface area contributed by atoms with E-state index < -0.39 is 0 Å². The number of anilines is 1. The summed E-state index contributed by atoms with van der Waals surface area (Å²) < 4.78 is 12.2. The number of nitrogens with one attached hydrogen (secondary N) is 1. The molecule has 0 saturated carbocycles. The van der Waals surface area contributed by atoms with Gasteiger partial charge in [-0.15, -0.1) is 10.2 Å². The quantitative estimate of drug-likeness (QED) is 0.415. The van der Waals surface area contributed by atoms with Gasteiger partial charge in [0.1, 0.15) is 5.82 Å². The molecule has 30 heavy (non-hydrogen) atoms. The standard InChI is InChI=1S/C21H22N4O4S/c1-25-19(12-20(27)22-15-7-5-4-6-8-15)23-24-21(25)30-13-16(26)14-9-10-17(28-2)18(11-14)29-3/h4-11H,12-13H2,1-3H3,(H,22,27). The number of carbonyl (C=O) groups excluding carboxylic acids is 2. The van der Waals surface area contributed by atoms with Crippen LogP contribution in [-0.4, -0.2) is 46.4 Å². The molecule has 3 rings (SSSR count). The van der Waals surface area contributed by atoms with Gasteiger partial charge in [-0.3, -0.25) is 9.59 Å². The van der Waals surface area contributed by atoms with E-state index in [2.05, 4.69) is 15.5 Å². The zero-order valence-corrected chi connectivity index (χ0v) is 17.7. The lowest BCUT2D eigenvalue weighted by Crippen LogP contribution is -2.17. The molecular weight excluding hydrogens is 404 g/mol. The maximum Gasteiger partial charge on any atom is 0.232 e. The number of rotatable bonds is 9. The van der Waals surface area contributed by atoms with Gasteiger partial charge in [0.15, 0.2) is 22.4 Å². The van der Waals surface area contributed by atoms with Crippen molar-refractivity contribution in [3.05, 3.63) is 59.9 Å². The summed E-state index contributed by atoms with van der Waals surface area (Å²) >= 11 is 1.26. The highest BCUT2D eigenvalue weighted by Crippen LogP contribution is 2.28. The molecule has 0 saturated heterocycles. The van der Waals surface area contributed by atoms with E-state index in [-0.39, 0.29) is 23.9 Å². The maximum atomic E-state index is 12.5. The molecule has 9 heteroatoms. The van der Waals surface area contributed by atoms with E-state index in [0.29, 0.717) is 28.0 Å². The molecule has 0 aliphatic rings. The zero-order chi connectivity index (χ0) is 21.5. The Morgan fingerprint density at radius 3 is 2.47 bits per heavy atom. The Morgan fingerprint density at radius 2 is 1.77 bits per heavy atom. The third-order valence-electron chi connectivity index (χ3n) is 4.34. The Bertz CT molecular complexity index is 1040. The number of aromatic nitrogens is 3. The van der Waals surface area contributed by atoms with E-state index in [1.54, 1.807) is 36.9 Å². The van der Waals surface area contributed by atoms with E-state index in [1.807, 2.05) is 30.3 Å². The van der Waals surface area contributed by atoms with Crippen LogP contribution >= 0.6 is 11.8 Å². The summed E-state index contributed by atoms with van der Waals surface area (Å²) in [6, 6.07) is 14.3. The van der Waals surface area contributed by atoms with Crippen LogP contribution in [0.5, 0.6) is 11.5 Å². The molecule has 0 atom stereocenters. The first-order valence-electron chi connectivity index (χ1n) is 9.13. The van der Waals surface area contributed by atoms with Crippen LogP contribution in [0, 0.1) is 0 Å². The zero-order valence-electron chi connectivity index (χ0n) is 16.9. The number of carbonyl (C=O) groups is 2. The molecule has 0 spiro atoms. The summed E-state index contributed by atoms with van der Waals surface area (Å²) in [4.78, 5) is 24.8. The highest BCUT2D eigenvalue weighted by Gasteiger charge is 2.16. The fourth-order valence-electron chi connectivity index (χ4n) is 2.72. The van der Waals surface area contributed by atoms with Gasteiger partial charge < -0.3 is 19.4 Å². The van der Waals surface area contributed by atoms with Gasteiger partial charge in [-0.05, 0) is 30.3 Å². The number of hydrogen-bond donors (Lipinski definition) is 1. The van der Waals surface area contributed by atoms with Crippen LogP contribution < -0.4 is 14.8 Å². The lowest BCUT2D eigenvalue weighted by atomic mass is 10.1. The molecule has 0 unspecified atom stereocenters. The molecule has 0 aliphatic heterocycles. The van der Waals surface area contributed by atoms with Crippen LogP contribution in [0.3, 0.4) is 0 Å². The first-order valence-corrected chi connectivity index (χ1v) is 10.1. The largest absolute Gasteiger partial charge is 0.493 e. The minimum atomic E-state index is -0.186. The second-order valence-corrected chi connectivity index (χ2v) is 7.27. The molecule has 3 aromatic rings. The van der Waals surface area contributed by atoms with E-state index in [4.69, 9.17) is 9.47 Å². The molecule has 0 bridgehead atoms. The molecular formula is C21H22N4O4S. The van der Waals surface area contributed by atoms with Crippen molar-refractivity contribution in [2.24, 2.45) is 7.05 Å². The van der Waals surface area contributed by atoms with Gasteiger partial charge in [0.25, 0.3) is 0 Å². The molecule has 1 aromatic heterocycles. The monoisotopic (exact) mass is 426 g/mol. The van der Waals surface area contributed by atoms with Gasteiger partial charge in [0.2, 0.25) is 5.91 Å². The van der Waals surface area contributed by atoms with Crippen molar-refractivity contribution in [2.45, 2.75) is 11.6 Å². The van der Waals surface area contributed by atoms with Crippen LogP contribution in [0.4, 0.5) is 5.69 Å². The molecule has 0 fully saturated rings. The highest BCUT2D eigenvalue weighted by atomic mass is 32.2. The number of ketones is 1. The number of thioether (sulfide) groups is 1. The van der Waals surface area contributed by atoms with E-state index in [9.17, 15) is 9.59 Å². The van der Waals surface area contributed by atoms with Gasteiger partial charge in [-0.1, -0.05) is 30.0 Å². The molecule has 156 valence electrons. The average molecular weight is 426 g/mol. The molecule has 1 amide bonds. The third-order valence-corrected chi connectivity index (χ3v) is 5.36. The van der Waals surface area contributed by atoms with Gasteiger partial charge >= 0.3 is 0 Å². The number of amides is 1. The minimum Gasteiger partial charge on any atom is -0.493 e. The number of para-hydroxylation sites is 1. The topological polar surface area (TPSA) is 95.3 Å². The highest BCUT2D eigenvalue weighted by molar-refractivity contribution is 7.99. The molecule has 2 aromatic carbocycles. The van der Waals surface area contributed by atoms with Crippen molar-refractivity contribution < 1.29 is 19.1 Å². The number of methoxy groups -OCH3 is 2. The molecule has 1 heterocycles. The van der Waals surface area contributed by atoms with Gasteiger partial charge in [-0.2, -0.15) is 0 Å². The van der Waals surface area contributed by atoms with E-state index >= 15 is 0 Å². The second-order valence-electron chi connectivity index (χ2n) is 6.33. The predicted octanol–water partition coefficient (Wildman–Crippen LogP) is 2.99. The minimum absolute atomic E-state index is 0.0766. The summed E-state index contributed by atoms with van der Waals surface area (Å²) in [5, 5.41) is 11.6. The summed E-state index contributed by atoms with van der Waals surface area (Å²) in [6.45, 7) is 0. The summed E-state index contributed by atoms with van der Waals surface area (Å²) in [5.74, 6) is 1.50. The third kappa shape index (κ3) is 5.18.